The van der Waals surface area contributed by atoms with E-state index in [9.17, 15) is 14.7 Å². The second kappa shape index (κ2) is 6.51. The Labute approximate surface area is 132 Å². The highest BCUT2D eigenvalue weighted by Gasteiger charge is 2.42. The predicted molar refractivity (Wildman–Crippen MR) is 85.6 cm³/mol. The van der Waals surface area contributed by atoms with E-state index in [0.29, 0.717) is 31.8 Å². The number of amides is 1. The van der Waals surface area contributed by atoms with E-state index in [2.05, 4.69) is 26.0 Å². The zero-order chi connectivity index (χ0) is 16.3. The monoisotopic (exact) mass is 303 g/mol. The van der Waals surface area contributed by atoms with Crippen molar-refractivity contribution in [1.82, 2.24) is 4.90 Å². The number of carbonyl (C=O) groups excluding carboxylic acids is 1. The summed E-state index contributed by atoms with van der Waals surface area (Å²) in [5.74, 6) is -0.219. The Morgan fingerprint density at radius 3 is 2.41 bits per heavy atom. The molecule has 0 bridgehead atoms. The molecule has 2 atom stereocenters. The number of aliphatic carboxylic acids is 1. The van der Waals surface area contributed by atoms with Crippen LogP contribution in [0.5, 0.6) is 0 Å². The van der Waals surface area contributed by atoms with Crippen molar-refractivity contribution >= 4 is 11.9 Å². The van der Waals surface area contributed by atoms with Gasteiger partial charge in [0, 0.05) is 19.5 Å². The number of nitrogens with zero attached hydrogens (tertiary/aromatic N) is 1. The summed E-state index contributed by atoms with van der Waals surface area (Å²) >= 11 is 0. The third-order valence-corrected chi connectivity index (χ3v) is 4.77. The van der Waals surface area contributed by atoms with Crippen molar-refractivity contribution in [3.8, 4) is 0 Å². The van der Waals surface area contributed by atoms with Crippen molar-refractivity contribution in [1.29, 1.82) is 0 Å². The molecule has 1 fully saturated rings. The number of carbonyl (C=O) groups is 2. The molecule has 1 aromatic rings. The summed E-state index contributed by atoms with van der Waals surface area (Å²) in [7, 11) is 0. The van der Waals surface area contributed by atoms with E-state index in [4.69, 9.17) is 0 Å². The Hall–Kier alpha value is -1.84. The second-order valence-electron chi connectivity index (χ2n) is 6.90. The molecule has 0 aromatic heterocycles. The van der Waals surface area contributed by atoms with Crippen LogP contribution >= 0.6 is 0 Å². The molecule has 120 valence electrons. The van der Waals surface area contributed by atoms with Crippen molar-refractivity contribution in [2.75, 3.05) is 13.1 Å². The van der Waals surface area contributed by atoms with E-state index in [1.165, 1.54) is 5.56 Å². The second-order valence-corrected chi connectivity index (χ2v) is 6.90. The van der Waals surface area contributed by atoms with Crippen LogP contribution in [0.4, 0.5) is 0 Å². The molecule has 1 N–H and O–H groups in total. The molecule has 1 aliphatic rings. The normalized spacial score (nSPS) is 22.8. The number of benzene rings is 1. The first-order chi connectivity index (χ1) is 10.3. The highest BCUT2D eigenvalue weighted by atomic mass is 16.4. The molecular formula is C18H25NO3. The van der Waals surface area contributed by atoms with Crippen molar-refractivity contribution < 1.29 is 14.7 Å². The van der Waals surface area contributed by atoms with Gasteiger partial charge in [0.2, 0.25) is 5.91 Å². The summed E-state index contributed by atoms with van der Waals surface area (Å²) in [6.45, 7) is 6.83. The van der Waals surface area contributed by atoms with Gasteiger partial charge in [-0.05, 0) is 30.7 Å². The Bertz CT molecular complexity index is 541. The highest BCUT2D eigenvalue weighted by molar-refractivity contribution is 5.81. The van der Waals surface area contributed by atoms with Crippen molar-refractivity contribution in [3.63, 3.8) is 0 Å². The number of rotatable bonds is 5. The molecule has 2 rings (SSSR count). The van der Waals surface area contributed by atoms with Gasteiger partial charge in [-0.15, -0.1) is 0 Å². The van der Waals surface area contributed by atoms with E-state index in [0.717, 1.165) is 0 Å². The summed E-state index contributed by atoms with van der Waals surface area (Å²) in [4.78, 5) is 25.6. The van der Waals surface area contributed by atoms with Crippen LogP contribution in [-0.2, 0) is 9.59 Å². The third kappa shape index (κ3) is 3.49. The lowest BCUT2D eigenvalue weighted by Gasteiger charge is -2.25. The minimum Gasteiger partial charge on any atom is -0.481 e. The van der Waals surface area contributed by atoms with Crippen LogP contribution in [0.15, 0.2) is 30.3 Å². The molecular weight excluding hydrogens is 278 g/mol. The van der Waals surface area contributed by atoms with Gasteiger partial charge in [0.05, 0.1) is 5.41 Å². The van der Waals surface area contributed by atoms with Gasteiger partial charge in [0.15, 0.2) is 0 Å². The minimum atomic E-state index is -0.814. The molecule has 1 amide bonds. The molecule has 1 saturated heterocycles. The predicted octanol–water partition coefficient (Wildman–Crippen LogP) is 3.14. The van der Waals surface area contributed by atoms with Crippen molar-refractivity contribution in [2.45, 2.75) is 39.5 Å². The smallest absolute Gasteiger partial charge is 0.311 e. The molecule has 0 aliphatic carbocycles. The Morgan fingerprint density at radius 1 is 1.27 bits per heavy atom. The quantitative estimate of drug-likeness (QED) is 0.909. The third-order valence-electron chi connectivity index (χ3n) is 4.77. The molecule has 0 spiro atoms. The van der Waals surface area contributed by atoms with Gasteiger partial charge in [0.25, 0.3) is 0 Å². The van der Waals surface area contributed by atoms with Crippen LogP contribution in [-0.4, -0.2) is 35.0 Å². The first-order valence-electron chi connectivity index (χ1n) is 7.89. The summed E-state index contributed by atoms with van der Waals surface area (Å²) in [5.41, 5.74) is 0.376. The molecule has 1 heterocycles. The summed E-state index contributed by atoms with van der Waals surface area (Å²) in [6.07, 6.45) is 0.975. The molecule has 0 radical (unpaired) electrons. The standard InChI is InChI=1S/C18H25NO3/c1-13(2)15(14-7-5-4-6-8-14)11-16(20)19-10-9-18(3,12-19)17(21)22/h4-8,13,15H,9-12H2,1-3H3,(H,21,22). The number of carboxylic acids is 1. The van der Waals surface area contributed by atoms with Gasteiger partial charge in [-0.2, -0.15) is 0 Å². The summed E-state index contributed by atoms with van der Waals surface area (Å²) < 4.78 is 0. The molecule has 2 unspecified atom stereocenters. The Morgan fingerprint density at radius 2 is 1.91 bits per heavy atom. The fraction of sp³-hybridized carbons (Fsp3) is 0.556. The SMILES string of the molecule is CC(C)C(CC(=O)N1CCC(C)(C(=O)O)C1)c1ccccc1. The highest BCUT2D eigenvalue weighted by Crippen LogP contribution is 2.33. The van der Waals surface area contributed by atoms with E-state index >= 15 is 0 Å². The number of hydrogen-bond donors (Lipinski definition) is 1. The van der Waals surface area contributed by atoms with Crippen LogP contribution in [0.3, 0.4) is 0 Å². The van der Waals surface area contributed by atoms with Gasteiger partial charge in [-0.25, -0.2) is 0 Å². The van der Waals surface area contributed by atoms with Crippen molar-refractivity contribution in [2.24, 2.45) is 11.3 Å². The molecule has 22 heavy (non-hydrogen) atoms. The first kappa shape index (κ1) is 16.5. The van der Waals surface area contributed by atoms with Gasteiger partial charge in [0.1, 0.15) is 0 Å². The zero-order valence-electron chi connectivity index (χ0n) is 13.6. The molecule has 1 aromatic carbocycles. The topological polar surface area (TPSA) is 57.6 Å². The summed E-state index contributed by atoms with van der Waals surface area (Å²) in [5, 5.41) is 9.28. The van der Waals surface area contributed by atoms with Crippen LogP contribution in [0, 0.1) is 11.3 Å². The van der Waals surface area contributed by atoms with Crippen LogP contribution in [0.25, 0.3) is 0 Å². The molecule has 0 saturated carbocycles. The number of likely N-dealkylation sites (tertiary alicyclic amines) is 1. The van der Waals surface area contributed by atoms with Gasteiger partial charge in [-0.1, -0.05) is 44.2 Å². The maximum atomic E-state index is 12.6. The Balaban J connectivity index is 2.06. The number of carboxylic acid groups (broad SMARTS) is 1. The lowest BCUT2D eigenvalue weighted by molar-refractivity contribution is -0.147. The largest absolute Gasteiger partial charge is 0.481 e. The van der Waals surface area contributed by atoms with Gasteiger partial charge < -0.3 is 10.0 Å². The van der Waals surface area contributed by atoms with Crippen LogP contribution < -0.4 is 0 Å². The first-order valence-corrected chi connectivity index (χ1v) is 7.89. The lowest BCUT2D eigenvalue weighted by Crippen LogP contribution is -2.35. The fourth-order valence-electron chi connectivity index (χ4n) is 3.10. The average molecular weight is 303 g/mol. The minimum absolute atomic E-state index is 0.0625. The molecule has 4 nitrogen and oxygen atoms in total. The van der Waals surface area contributed by atoms with E-state index in [1.54, 1.807) is 11.8 Å². The number of hydrogen-bond acceptors (Lipinski definition) is 2. The summed E-state index contributed by atoms with van der Waals surface area (Å²) in [6, 6.07) is 10.1. The van der Waals surface area contributed by atoms with E-state index in [-0.39, 0.29) is 11.8 Å². The average Bonchev–Trinajstić information content (AvgIpc) is 2.89. The zero-order valence-corrected chi connectivity index (χ0v) is 13.6. The fourth-order valence-corrected chi connectivity index (χ4v) is 3.10. The van der Waals surface area contributed by atoms with Crippen molar-refractivity contribution in [3.05, 3.63) is 35.9 Å². The molecule has 1 aliphatic heterocycles. The van der Waals surface area contributed by atoms with E-state index in [1.807, 2.05) is 18.2 Å². The Kier molecular flexibility index (Phi) is 4.89. The van der Waals surface area contributed by atoms with E-state index < -0.39 is 11.4 Å². The van der Waals surface area contributed by atoms with Gasteiger partial charge >= 0.3 is 5.97 Å². The van der Waals surface area contributed by atoms with Gasteiger partial charge in [-0.3, -0.25) is 9.59 Å². The maximum absolute atomic E-state index is 12.6. The molecule has 4 heteroatoms. The maximum Gasteiger partial charge on any atom is 0.311 e. The lowest BCUT2D eigenvalue weighted by atomic mass is 9.85. The van der Waals surface area contributed by atoms with Crippen LogP contribution in [0.1, 0.15) is 45.1 Å². The van der Waals surface area contributed by atoms with Crippen LogP contribution in [0.2, 0.25) is 0 Å².